The summed E-state index contributed by atoms with van der Waals surface area (Å²) in [6.45, 7) is 10.7. The topological polar surface area (TPSA) is 70.6 Å². The minimum Gasteiger partial charge on any atom is -0.444 e. The van der Waals surface area contributed by atoms with Gasteiger partial charge in [0.1, 0.15) is 5.60 Å². The van der Waals surface area contributed by atoms with Crippen molar-refractivity contribution in [3.8, 4) is 0 Å². The molecule has 0 aromatic heterocycles. The van der Waals surface area contributed by atoms with Crippen LogP contribution in [-0.4, -0.2) is 41.5 Å². The minimum atomic E-state index is -0.691. The van der Waals surface area contributed by atoms with E-state index in [1.165, 1.54) is 0 Å². The Morgan fingerprint density at radius 2 is 2.00 bits per heavy atom. The van der Waals surface area contributed by atoms with Gasteiger partial charge < -0.3 is 20.5 Å². The molecule has 1 fully saturated rings. The zero-order valence-corrected chi connectivity index (χ0v) is 12.0. The number of amides is 1. The molecule has 0 aromatic carbocycles. The van der Waals surface area contributed by atoms with Crippen LogP contribution in [0.3, 0.4) is 0 Å². The molecule has 3 N–H and O–H groups in total. The Kier molecular flexibility index (Phi) is 4.61. The summed E-state index contributed by atoms with van der Waals surface area (Å²) in [7, 11) is 0. The summed E-state index contributed by atoms with van der Waals surface area (Å²) in [5.41, 5.74) is -1.19. The lowest BCUT2D eigenvalue weighted by atomic mass is 9.85. The van der Waals surface area contributed by atoms with Gasteiger partial charge in [0.15, 0.2) is 0 Å². The molecule has 1 amide bonds. The molecular formula is C13H26N2O3. The molecule has 1 rings (SSSR count). The van der Waals surface area contributed by atoms with Crippen molar-refractivity contribution in [2.24, 2.45) is 5.92 Å². The highest BCUT2D eigenvalue weighted by molar-refractivity contribution is 5.68. The van der Waals surface area contributed by atoms with Crippen LogP contribution in [0.5, 0.6) is 0 Å². The van der Waals surface area contributed by atoms with Gasteiger partial charge in [0.05, 0.1) is 5.60 Å². The number of aliphatic hydroxyl groups is 1. The van der Waals surface area contributed by atoms with Crippen molar-refractivity contribution in [3.05, 3.63) is 0 Å². The predicted octanol–water partition coefficient (Wildman–Crippen LogP) is 1.26. The van der Waals surface area contributed by atoms with Gasteiger partial charge in [-0.1, -0.05) is 13.8 Å². The summed E-state index contributed by atoms with van der Waals surface area (Å²) in [5, 5.41) is 16.0. The van der Waals surface area contributed by atoms with Crippen molar-refractivity contribution < 1.29 is 14.6 Å². The first kappa shape index (κ1) is 15.2. The van der Waals surface area contributed by atoms with Gasteiger partial charge in [-0.15, -0.1) is 0 Å². The molecule has 0 aliphatic carbocycles. The second-order valence-electron chi connectivity index (χ2n) is 6.53. The maximum Gasteiger partial charge on any atom is 0.407 e. The van der Waals surface area contributed by atoms with Crippen LogP contribution in [0.2, 0.25) is 0 Å². The lowest BCUT2D eigenvalue weighted by molar-refractivity contribution is -0.0301. The third-order valence-electron chi connectivity index (χ3n) is 3.01. The lowest BCUT2D eigenvalue weighted by Crippen LogP contribution is -2.62. The van der Waals surface area contributed by atoms with Crippen LogP contribution in [0.25, 0.3) is 0 Å². The molecule has 1 saturated heterocycles. The fourth-order valence-electron chi connectivity index (χ4n) is 1.88. The number of rotatable bonds is 4. The fraction of sp³-hybridized carbons (Fsp3) is 0.923. The summed E-state index contributed by atoms with van der Waals surface area (Å²) in [6, 6.07) is -0.0769. The van der Waals surface area contributed by atoms with Gasteiger partial charge in [0.25, 0.3) is 0 Å². The molecule has 0 bridgehead atoms. The number of ether oxygens (including phenoxy) is 1. The van der Waals surface area contributed by atoms with E-state index in [0.717, 1.165) is 0 Å². The highest BCUT2D eigenvalue weighted by Crippen LogP contribution is 2.21. The first-order valence-corrected chi connectivity index (χ1v) is 6.54. The summed E-state index contributed by atoms with van der Waals surface area (Å²) < 4.78 is 5.24. The Morgan fingerprint density at radius 3 is 2.33 bits per heavy atom. The van der Waals surface area contributed by atoms with E-state index in [2.05, 4.69) is 10.6 Å². The molecule has 0 aromatic rings. The second-order valence-corrected chi connectivity index (χ2v) is 6.53. The van der Waals surface area contributed by atoms with E-state index in [-0.39, 0.29) is 12.0 Å². The van der Waals surface area contributed by atoms with Crippen molar-refractivity contribution in [1.29, 1.82) is 0 Å². The van der Waals surface area contributed by atoms with Gasteiger partial charge in [-0.05, 0) is 33.1 Å². The van der Waals surface area contributed by atoms with Gasteiger partial charge in [0.2, 0.25) is 0 Å². The molecule has 1 aliphatic rings. The van der Waals surface area contributed by atoms with Crippen molar-refractivity contribution in [3.63, 3.8) is 0 Å². The van der Waals surface area contributed by atoms with Gasteiger partial charge in [-0.2, -0.15) is 0 Å². The van der Waals surface area contributed by atoms with E-state index in [1.54, 1.807) is 0 Å². The third-order valence-corrected chi connectivity index (χ3v) is 3.01. The van der Waals surface area contributed by atoms with Crippen molar-refractivity contribution in [2.75, 3.05) is 13.1 Å². The largest absolute Gasteiger partial charge is 0.444 e. The monoisotopic (exact) mass is 258 g/mol. The number of hydrogen-bond donors (Lipinski definition) is 3. The Balaban J connectivity index is 2.50. The molecule has 1 heterocycles. The van der Waals surface area contributed by atoms with E-state index >= 15 is 0 Å². The number of β-amino-alcohol motifs (C(OH)–C–C–N with tert-alkyl or cyclic N) is 1. The molecule has 0 radical (unpaired) electrons. The summed E-state index contributed by atoms with van der Waals surface area (Å²) in [6.07, 6.45) is 0.133. The molecule has 5 heteroatoms. The zero-order valence-electron chi connectivity index (χ0n) is 12.0. The lowest BCUT2D eigenvalue weighted by Gasteiger charge is -2.41. The van der Waals surface area contributed by atoms with Crippen molar-refractivity contribution >= 4 is 6.09 Å². The van der Waals surface area contributed by atoms with Crippen molar-refractivity contribution in [1.82, 2.24) is 10.6 Å². The maximum atomic E-state index is 11.7. The first-order chi connectivity index (χ1) is 8.11. The molecular weight excluding hydrogens is 232 g/mol. The van der Waals surface area contributed by atoms with E-state index in [9.17, 15) is 9.90 Å². The van der Waals surface area contributed by atoms with Crippen LogP contribution in [0, 0.1) is 5.92 Å². The first-order valence-electron chi connectivity index (χ1n) is 6.54. The quantitative estimate of drug-likeness (QED) is 0.710. The highest BCUT2D eigenvalue weighted by atomic mass is 16.6. The summed E-state index contributed by atoms with van der Waals surface area (Å²) in [4.78, 5) is 11.7. The SMILES string of the molecule is CC(C)C(CC1(O)CNC1)NC(=O)OC(C)(C)C. The van der Waals surface area contributed by atoms with Crippen LogP contribution >= 0.6 is 0 Å². The number of carbonyl (C=O) groups is 1. The molecule has 1 aliphatic heterocycles. The van der Waals surface area contributed by atoms with E-state index < -0.39 is 17.3 Å². The Bertz CT molecular complexity index is 293. The summed E-state index contributed by atoms with van der Waals surface area (Å²) >= 11 is 0. The Labute approximate surface area is 109 Å². The third kappa shape index (κ3) is 4.82. The van der Waals surface area contributed by atoms with Gasteiger partial charge in [-0.3, -0.25) is 0 Å². The number of hydrogen-bond acceptors (Lipinski definition) is 4. The van der Waals surface area contributed by atoms with Gasteiger partial charge >= 0.3 is 6.09 Å². The standard InChI is InChI=1S/C13H26N2O3/c1-9(2)10(6-13(17)7-14-8-13)15-11(16)18-12(3,4)5/h9-10,14,17H,6-8H2,1-5H3,(H,15,16). The van der Waals surface area contributed by atoms with Crippen LogP contribution < -0.4 is 10.6 Å². The van der Waals surface area contributed by atoms with Crippen LogP contribution in [0.4, 0.5) is 4.79 Å². The van der Waals surface area contributed by atoms with E-state index in [1.807, 2.05) is 34.6 Å². The van der Waals surface area contributed by atoms with Crippen LogP contribution in [0.15, 0.2) is 0 Å². The summed E-state index contributed by atoms with van der Waals surface area (Å²) in [5.74, 6) is 0.252. The van der Waals surface area contributed by atoms with Crippen molar-refractivity contribution in [2.45, 2.75) is 58.3 Å². The molecule has 0 saturated carbocycles. The molecule has 1 atom stereocenters. The minimum absolute atomic E-state index is 0.0769. The van der Waals surface area contributed by atoms with E-state index in [4.69, 9.17) is 4.74 Å². The molecule has 1 unspecified atom stereocenters. The Morgan fingerprint density at radius 1 is 1.44 bits per heavy atom. The van der Waals surface area contributed by atoms with Crippen LogP contribution in [-0.2, 0) is 4.74 Å². The fourth-order valence-corrected chi connectivity index (χ4v) is 1.88. The predicted molar refractivity (Wildman–Crippen MR) is 70.4 cm³/mol. The highest BCUT2D eigenvalue weighted by Gasteiger charge is 2.38. The smallest absolute Gasteiger partial charge is 0.407 e. The molecule has 5 nitrogen and oxygen atoms in total. The number of nitrogens with one attached hydrogen (secondary N) is 2. The zero-order chi connectivity index (χ0) is 14.0. The van der Waals surface area contributed by atoms with Gasteiger partial charge in [-0.25, -0.2) is 4.79 Å². The van der Waals surface area contributed by atoms with Crippen LogP contribution in [0.1, 0.15) is 41.0 Å². The second kappa shape index (κ2) is 5.45. The van der Waals surface area contributed by atoms with Gasteiger partial charge in [0, 0.05) is 19.1 Å². The molecule has 18 heavy (non-hydrogen) atoms. The number of carbonyl (C=O) groups excluding carboxylic acids is 1. The number of alkyl carbamates (subject to hydrolysis) is 1. The molecule has 106 valence electrons. The Hall–Kier alpha value is -0.810. The molecule has 0 spiro atoms. The average molecular weight is 258 g/mol. The normalized spacial score (nSPS) is 20.2. The van der Waals surface area contributed by atoms with E-state index in [0.29, 0.717) is 19.5 Å². The average Bonchev–Trinajstić information content (AvgIpc) is 2.10. The maximum absolute atomic E-state index is 11.7.